The maximum Gasteiger partial charge on any atom is 0.0991 e. The Balaban J connectivity index is 2.06. The number of hydrogen-bond donors (Lipinski definition) is 1. The first-order valence-corrected chi connectivity index (χ1v) is 6.54. The third kappa shape index (κ3) is 1.79. The topological polar surface area (TPSA) is 54.7 Å². The summed E-state index contributed by atoms with van der Waals surface area (Å²) >= 11 is 0. The van der Waals surface area contributed by atoms with Crippen LogP contribution in [0.15, 0.2) is 24.3 Å². The molecular weight excluding hydrogens is 222 g/mol. The minimum absolute atomic E-state index is 0.559. The molecule has 0 aliphatic heterocycles. The Hall–Kier alpha value is -1.79. The van der Waals surface area contributed by atoms with E-state index in [0.29, 0.717) is 12.1 Å². The Bertz CT molecular complexity index is 614. The minimum Gasteiger partial charge on any atom is -0.343 e. The molecule has 1 saturated carbocycles. The first-order chi connectivity index (χ1) is 8.81. The van der Waals surface area contributed by atoms with Gasteiger partial charge in [0.2, 0.25) is 0 Å². The molecule has 1 aliphatic rings. The maximum atomic E-state index is 8.94. The standard InChI is InChI=1S/C15H17N3/c16-8-12-4-5-15-13(6-12)7-14(9-17)18(15)10-11-2-1-3-11/h4-7,11H,1-3,9-10,17H2. The highest BCUT2D eigenvalue weighted by atomic mass is 15.0. The first-order valence-electron chi connectivity index (χ1n) is 6.54. The molecule has 0 saturated heterocycles. The van der Waals surface area contributed by atoms with E-state index in [4.69, 9.17) is 11.0 Å². The average molecular weight is 239 g/mol. The number of nitrogens with two attached hydrogens (primary N) is 1. The fourth-order valence-corrected chi connectivity index (χ4v) is 2.72. The molecule has 3 nitrogen and oxygen atoms in total. The second-order valence-electron chi connectivity index (χ2n) is 5.13. The van der Waals surface area contributed by atoms with Gasteiger partial charge in [-0.2, -0.15) is 5.26 Å². The van der Waals surface area contributed by atoms with Crippen molar-refractivity contribution in [3.63, 3.8) is 0 Å². The predicted molar refractivity (Wildman–Crippen MR) is 71.9 cm³/mol. The van der Waals surface area contributed by atoms with Crippen molar-refractivity contribution in [3.8, 4) is 6.07 Å². The summed E-state index contributed by atoms with van der Waals surface area (Å²) < 4.78 is 2.33. The maximum absolute atomic E-state index is 8.94. The van der Waals surface area contributed by atoms with Crippen LogP contribution < -0.4 is 5.73 Å². The van der Waals surface area contributed by atoms with E-state index in [1.165, 1.54) is 30.5 Å². The Kier molecular flexibility index (Phi) is 2.81. The van der Waals surface area contributed by atoms with Crippen LogP contribution in [0, 0.1) is 17.2 Å². The predicted octanol–water partition coefficient (Wildman–Crippen LogP) is 2.77. The van der Waals surface area contributed by atoms with Crippen LogP contribution in [0.2, 0.25) is 0 Å². The molecule has 1 aromatic heterocycles. The molecular formula is C15H17N3. The number of hydrogen-bond acceptors (Lipinski definition) is 2. The van der Waals surface area contributed by atoms with Gasteiger partial charge in [0, 0.05) is 29.7 Å². The molecule has 1 heterocycles. The van der Waals surface area contributed by atoms with Crippen molar-refractivity contribution in [2.24, 2.45) is 11.7 Å². The molecule has 1 fully saturated rings. The third-order valence-corrected chi connectivity index (χ3v) is 3.99. The molecule has 18 heavy (non-hydrogen) atoms. The lowest BCUT2D eigenvalue weighted by atomic mass is 9.85. The van der Waals surface area contributed by atoms with E-state index in [1.807, 2.05) is 18.2 Å². The molecule has 0 amide bonds. The number of nitriles is 1. The number of aromatic nitrogens is 1. The molecule has 3 heteroatoms. The number of rotatable bonds is 3. The molecule has 1 aromatic carbocycles. The second kappa shape index (κ2) is 4.47. The summed E-state index contributed by atoms with van der Waals surface area (Å²) in [4.78, 5) is 0. The van der Waals surface area contributed by atoms with E-state index < -0.39 is 0 Å². The van der Waals surface area contributed by atoms with Crippen LogP contribution in [-0.4, -0.2) is 4.57 Å². The smallest absolute Gasteiger partial charge is 0.0991 e. The van der Waals surface area contributed by atoms with Crippen LogP contribution in [0.25, 0.3) is 10.9 Å². The van der Waals surface area contributed by atoms with Gasteiger partial charge in [-0.15, -0.1) is 0 Å². The van der Waals surface area contributed by atoms with Crippen LogP contribution in [0.1, 0.15) is 30.5 Å². The summed E-state index contributed by atoms with van der Waals surface area (Å²) in [6.45, 7) is 1.63. The van der Waals surface area contributed by atoms with E-state index in [2.05, 4.69) is 16.7 Å². The van der Waals surface area contributed by atoms with Gasteiger partial charge < -0.3 is 10.3 Å². The summed E-state index contributed by atoms with van der Waals surface area (Å²) in [7, 11) is 0. The molecule has 3 rings (SSSR count). The Morgan fingerprint density at radius 2 is 2.17 bits per heavy atom. The van der Waals surface area contributed by atoms with Gasteiger partial charge in [0.15, 0.2) is 0 Å². The first kappa shape index (κ1) is 11.3. The van der Waals surface area contributed by atoms with Crippen LogP contribution in [0.4, 0.5) is 0 Å². The van der Waals surface area contributed by atoms with Gasteiger partial charge in [0.05, 0.1) is 11.6 Å². The molecule has 2 aromatic rings. The van der Waals surface area contributed by atoms with Crippen LogP contribution in [0.5, 0.6) is 0 Å². The second-order valence-corrected chi connectivity index (χ2v) is 5.13. The van der Waals surface area contributed by atoms with Gasteiger partial charge in [-0.05, 0) is 43.0 Å². The van der Waals surface area contributed by atoms with Crippen molar-refractivity contribution in [2.75, 3.05) is 0 Å². The zero-order valence-corrected chi connectivity index (χ0v) is 10.4. The average Bonchev–Trinajstić information content (AvgIpc) is 2.70. The SMILES string of the molecule is N#Cc1ccc2c(c1)cc(CN)n2CC1CCC1. The third-order valence-electron chi connectivity index (χ3n) is 3.99. The van der Waals surface area contributed by atoms with Crippen LogP contribution in [-0.2, 0) is 13.1 Å². The molecule has 0 spiro atoms. The number of fused-ring (bicyclic) bond motifs is 1. The molecule has 0 bridgehead atoms. The fraction of sp³-hybridized carbons (Fsp3) is 0.400. The zero-order valence-electron chi connectivity index (χ0n) is 10.4. The van der Waals surface area contributed by atoms with Gasteiger partial charge in [-0.25, -0.2) is 0 Å². The van der Waals surface area contributed by atoms with Crippen molar-refractivity contribution in [1.82, 2.24) is 4.57 Å². The van der Waals surface area contributed by atoms with Crippen molar-refractivity contribution in [2.45, 2.75) is 32.4 Å². The summed E-state index contributed by atoms with van der Waals surface area (Å²) in [6, 6.07) is 10.2. The summed E-state index contributed by atoms with van der Waals surface area (Å²) in [5.74, 6) is 0.807. The molecule has 92 valence electrons. The minimum atomic E-state index is 0.559. The quantitative estimate of drug-likeness (QED) is 0.895. The van der Waals surface area contributed by atoms with E-state index in [-0.39, 0.29) is 0 Å². The van der Waals surface area contributed by atoms with Crippen molar-refractivity contribution < 1.29 is 0 Å². The van der Waals surface area contributed by atoms with E-state index in [0.717, 1.165) is 17.8 Å². The summed E-state index contributed by atoms with van der Waals surface area (Å²) in [5.41, 5.74) is 8.93. The monoisotopic (exact) mass is 239 g/mol. The molecule has 1 aliphatic carbocycles. The lowest BCUT2D eigenvalue weighted by Gasteiger charge is -2.27. The Morgan fingerprint density at radius 3 is 2.78 bits per heavy atom. The van der Waals surface area contributed by atoms with Crippen LogP contribution >= 0.6 is 0 Å². The van der Waals surface area contributed by atoms with Crippen LogP contribution in [0.3, 0.4) is 0 Å². The highest BCUT2D eigenvalue weighted by Crippen LogP contribution is 2.31. The van der Waals surface area contributed by atoms with Crippen molar-refractivity contribution in [3.05, 3.63) is 35.5 Å². The van der Waals surface area contributed by atoms with E-state index in [9.17, 15) is 0 Å². The lowest BCUT2D eigenvalue weighted by Crippen LogP contribution is -2.20. The molecule has 0 atom stereocenters. The summed E-state index contributed by atoms with van der Waals surface area (Å²) in [5, 5.41) is 10.1. The van der Waals surface area contributed by atoms with Gasteiger partial charge in [-0.1, -0.05) is 6.42 Å². The van der Waals surface area contributed by atoms with Crippen molar-refractivity contribution >= 4 is 10.9 Å². The highest BCUT2D eigenvalue weighted by molar-refractivity contribution is 5.82. The highest BCUT2D eigenvalue weighted by Gasteiger charge is 2.20. The largest absolute Gasteiger partial charge is 0.343 e. The lowest BCUT2D eigenvalue weighted by molar-refractivity contribution is 0.277. The molecule has 0 radical (unpaired) electrons. The fourth-order valence-electron chi connectivity index (χ4n) is 2.72. The number of benzene rings is 1. The molecule has 2 N–H and O–H groups in total. The zero-order chi connectivity index (χ0) is 12.5. The van der Waals surface area contributed by atoms with Crippen molar-refractivity contribution in [1.29, 1.82) is 5.26 Å². The Labute approximate surface area is 107 Å². The molecule has 0 unspecified atom stereocenters. The Morgan fingerprint density at radius 1 is 1.33 bits per heavy atom. The van der Waals surface area contributed by atoms with Gasteiger partial charge in [0.25, 0.3) is 0 Å². The van der Waals surface area contributed by atoms with Gasteiger partial charge in [-0.3, -0.25) is 0 Å². The number of nitrogens with zero attached hydrogens (tertiary/aromatic N) is 2. The summed E-state index contributed by atoms with van der Waals surface area (Å²) in [6.07, 6.45) is 4.03. The van der Waals surface area contributed by atoms with E-state index in [1.54, 1.807) is 0 Å². The van der Waals surface area contributed by atoms with Gasteiger partial charge >= 0.3 is 0 Å². The van der Waals surface area contributed by atoms with Gasteiger partial charge in [0.1, 0.15) is 0 Å². The normalized spacial score (nSPS) is 15.6. The van der Waals surface area contributed by atoms with E-state index >= 15 is 0 Å².